The van der Waals surface area contributed by atoms with E-state index >= 15 is 0 Å². The summed E-state index contributed by atoms with van der Waals surface area (Å²) in [4.78, 5) is 29.3. The van der Waals surface area contributed by atoms with Crippen molar-refractivity contribution in [3.63, 3.8) is 0 Å². The van der Waals surface area contributed by atoms with Crippen LogP contribution in [0.3, 0.4) is 0 Å². The normalized spacial score (nSPS) is 14.3. The number of rotatable bonds is 6. The number of carbonyl (C=O) groups excluding carboxylic acids is 2. The molecule has 0 aromatic heterocycles. The molecule has 1 aliphatic heterocycles. The van der Waals surface area contributed by atoms with E-state index in [4.69, 9.17) is 0 Å². The fraction of sp³-hybridized carbons (Fsp3) is 0.286. The van der Waals surface area contributed by atoms with Gasteiger partial charge in [0, 0.05) is 43.5 Å². The smallest absolute Gasteiger partial charge is 0.319 e. The van der Waals surface area contributed by atoms with E-state index in [0.717, 1.165) is 13.1 Å². The zero-order chi connectivity index (χ0) is 23.9. The quantitative estimate of drug-likeness (QED) is 0.562. The highest BCUT2D eigenvalue weighted by Crippen LogP contribution is 2.29. The molecule has 3 aromatic carbocycles. The third-order valence-corrected chi connectivity index (χ3v) is 6.01. The van der Waals surface area contributed by atoms with E-state index in [1.165, 1.54) is 11.1 Å². The largest absolute Gasteiger partial charge is 0.336 e. The molecular formula is C28H32N4O2. The maximum atomic E-state index is 13.1. The first-order chi connectivity index (χ1) is 16.5. The lowest BCUT2D eigenvalue weighted by Crippen LogP contribution is -2.49. The highest BCUT2D eigenvalue weighted by molar-refractivity contribution is 5.95. The van der Waals surface area contributed by atoms with Crippen LogP contribution in [-0.2, 0) is 0 Å². The first kappa shape index (κ1) is 23.5. The van der Waals surface area contributed by atoms with Crippen LogP contribution in [0.1, 0.15) is 41.4 Å². The highest BCUT2D eigenvalue weighted by Gasteiger charge is 2.28. The molecule has 2 N–H and O–H groups in total. The van der Waals surface area contributed by atoms with E-state index in [9.17, 15) is 9.59 Å². The van der Waals surface area contributed by atoms with Crippen LogP contribution in [0.15, 0.2) is 84.9 Å². The van der Waals surface area contributed by atoms with Crippen molar-refractivity contribution >= 4 is 17.6 Å². The van der Waals surface area contributed by atoms with Crippen LogP contribution in [0.5, 0.6) is 0 Å². The van der Waals surface area contributed by atoms with Gasteiger partial charge in [-0.15, -0.1) is 0 Å². The topological polar surface area (TPSA) is 64.7 Å². The second-order valence-corrected chi connectivity index (χ2v) is 8.88. The summed E-state index contributed by atoms with van der Waals surface area (Å²) in [6, 6.07) is 28.1. The standard InChI is InChI=1S/C28H32N4O2/c1-21(2)29-28(34)30-25-15-13-24(14-16-25)27(33)32-19-17-31(18-20-32)26(22-9-5-3-6-10-22)23-11-7-4-8-12-23/h3-16,21,26H,17-20H2,1-2H3,(H2,29,30,34). The monoisotopic (exact) mass is 456 g/mol. The Morgan fingerprint density at radius 1 is 0.735 bits per heavy atom. The molecule has 3 aromatic rings. The molecule has 0 radical (unpaired) electrons. The number of amides is 3. The van der Waals surface area contributed by atoms with Crippen LogP contribution >= 0.6 is 0 Å². The second-order valence-electron chi connectivity index (χ2n) is 8.88. The number of hydrogen-bond donors (Lipinski definition) is 2. The van der Waals surface area contributed by atoms with E-state index in [2.05, 4.69) is 64.1 Å². The molecule has 0 spiro atoms. The van der Waals surface area contributed by atoms with Gasteiger partial charge in [-0.05, 0) is 49.2 Å². The fourth-order valence-electron chi connectivity index (χ4n) is 4.38. The lowest BCUT2D eigenvalue weighted by Gasteiger charge is -2.39. The van der Waals surface area contributed by atoms with Crippen molar-refractivity contribution in [2.75, 3.05) is 31.5 Å². The molecule has 6 heteroatoms. The summed E-state index contributed by atoms with van der Waals surface area (Å²) in [6.45, 7) is 6.76. The number of nitrogens with zero attached hydrogens (tertiary/aromatic N) is 2. The summed E-state index contributed by atoms with van der Waals surface area (Å²) >= 11 is 0. The SMILES string of the molecule is CC(C)NC(=O)Nc1ccc(C(=O)N2CCN(C(c3ccccc3)c3ccccc3)CC2)cc1. The maximum Gasteiger partial charge on any atom is 0.319 e. The van der Waals surface area contributed by atoms with Crippen molar-refractivity contribution in [3.8, 4) is 0 Å². The Morgan fingerprint density at radius 3 is 1.76 bits per heavy atom. The fourth-order valence-corrected chi connectivity index (χ4v) is 4.38. The molecule has 1 fully saturated rings. The Hall–Kier alpha value is -3.64. The van der Waals surface area contributed by atoms with E-state index in [0.29, 0.717) is 24.3 Å². The number of nitrogens with one attached hydrogen (secondary N) is 2. The van der Waals surface area contributed by atoms with Crippen LogP contribution in [0.4, 0.5) is 10.5 Å². The molecule has 1 heterocycles. The number of benzene rings is 3. The van der Waals surface area contributed by atoms with Crippen molar-refractivity contribution in [2.45, 2.75) is 25.9 Å². The van der Waals surface area contributed by atoms with Crippen molar-refractivity contribution in [3.05, 3.63) is 102 Å². The molecule has 1 saturated heterocycles. The summed E-state index contributed by atoms with van der Waals surface area (Å²) in [5.41, 5.74) is 3.81. The number of carbonyl (C=O) groups is 2. The molecule has 176 valence electrons. The Labute approximate surface area is 201 Å². The Bertz CT molecular complexity index is 1040. The lowest BCUT2D eigenvalue weighted by atomic mass is 9.96. The van der Waals surface area contributed by atoms with Gasteiger partial charge in [0.1, 0.15) is 0 Å². The molecule has 6 nitrogen and oxygen atoms in total. The number of anilines is 1. The van der Waals surface area contributed by atoms with Gasteiger partial charge < -0.3 is 15.5 Å². The van der Waals surface area contributed by atoms with Crippen molar-refractivity contribution in [1.29, 1.82) is 0 Å². The zero-order valence-electron chi connectivity index (χ0n) is 19.8. The Kier molecular flexibility index (Phi) is 7.60. The summed E-state index contributed by atoms with van der Waals surface area (Å²) < 4.78 is 0. The molecule has 0 bridgehead atoms. The van der Waals surface area contributed by atoms with E-state index < -0.39 is 0 Å². The molecule has 3 amide bonds. The molecule has 1 aliphatic rings. The van der Waals surface area contributed by atoms with Crippen LogP contribution < -0.4 is 10.6 Å². The summed E-state index contributed by atoms with van der Waals surface area (Å²) in [6.07, 6.45) is 0. The average Bonchev–Trinajstić information content (AvgIpc) is 2.85. The zero-order valence-corrected chi connectivity index (χ0v) is 19.8. The maximum absolute atomic E-state index is 13.1. The first-order valence-electron chi connectivity index (χ1n) is 11.8. The van der Waals surface area contributed by atoms with Crippen LogP contribution in [0.25, 0.3) is 0 Å². The third-order valence-electron chi connectivity index (χ3n) is 6.01. The number of hydrogen-bond acceptors (Lipinski definition) is 3. The van der Waals surface area contributed by atoms with Gasteiger partial charge in [0.2, 0.25) is 0 Å². The lowest BCUT2D eigenvalue weighted by molar-refractivity contribution is 0.0597. The van der Waals surface area contributed by atoms with Crippen LogP contribution in [0, 0.1) is 0 Å². The highest BCUT2D eigenvalue weighted by atomic mass is 16.2. The van der Waals surface area contributed by atoms with E-state index in [1.54, 1.807) is 24.3 Å². The van der Waals surface area contributed by atoms with Gasteiger partial charge in [0.15, 0.2) is 0 Å². The van der Waals surface area contributed by atoms with Gasteiger partial charge >= 0.3 is 6.03 Å². The minimum Gasteiger partial charge on any atom is -0.336 e. The molecule has 4 rings (SSSR count). The third kappa shape index (κ3) is 5.83. The molecule has 0 aliphatic carbocycles. The minimum atomic E-state index is -0.253. The van der Waals surface area contributed by atoms with Gasteiger partial charge in [-0.2, -0.15) is 0 Å². The summed E-state index contributed by atoms with van der Waals surface area (Å²) in [5.74, 6) is 0.0220. The number of piperazine rings is 1. The van der Waals surface area contributed by atoms with Crippen molar-refractivity contribution in [1.82, 2.24) is 15.1 Å². The van der Waals surface area contributed by atoms with Crippen LogP contribution in [-0.4, -0.2) is 54.0 Å². The predicted octanol–water partition coefficient (Wildman–Crippen LogP) is 4.76. The molecule has 0 atom stereocenters. The molecule has 0 saturated carbocycles. The van der Waals surface area contributed by atoms with Gasteiger partial charge in [-0.1, -0.05) is 60.7 Å². The Balaban J connectivity index is 1.40. The predicted molar refractivity (Wildman–Crippen MR) is 136 cm³/mol. The van der Waals surface area contributed by atoms with Gasteiger partial charge in [-0.3, -0.25) is 9.69 Å². The van der Waals surface area contributed by atoms with Gasteiger partial charge in [0.05, 0.1) is 6.04 Å². The molecule has 0 unspecified atom stereocenters. The van der Waals surface area contributed by atoms with E-state index in [1.807, 2.05) is 30.9 Å². The van der Waals surface area contributed by atoms with Crippen LogP contribution in [0.2, 0.25) is 0 Å². The number of urea groups is 1. The van der Waals surface area contributed by atoms with E-state index in [-0.39, 0.29) is 24.0 Å². The van der Waals surface area contributed by atoms with Crippen molar-refractivity contribution in [2.24, 2.45) is 0 Å². The summed E-state index contributed by atoms with van der Waals surface area (Å²) in [5, 5.41) is 5.57. The molecular weight excluding hydrogens is 424 g/mol. The van der Waals surface area contributed by atoms with Gasteiger partial charge in [0.25, 0.3) is 5.91 Å². The summed E-state index contributed by atoms with van der Waals surface area (Å²) in [7, 11) is 0. The van der Waals surface area contributed by atoms with Crippen molar-refractivity contribution < 1.29 is 9.59 Å². The Morgan fingerprint density at radius 2 is 1.26 bits per heavy atom. The van der Waals surface area contributed by atoms with Gasteiger partial charge in [-0.25, -0.2) is 4.79 Å². The first-order valence-corrected chi connectivity index (χ1v) is 11.8. The molecule has 34 heavy (non-hydrogen) atoms. The minimum absolute atomic E-state index is 0.0220. The average molecular weight is 457 g/mol. The second kappa shape index (κ2) is 11.0.